The minimum absolute atomic E-state index is 0.128. The summed E-state index contributed by atoms with van der Waals surface area (Å²) in [5.74, 6) is 0.128. The van der Waals surface area contributed by atoms with Crippen molar-refractivity contribution >= 4 is 0 Å². The Bertz CT molecular complexity index is 104. The molecule has 3 heteroatoms. The fourth-order valence-corrected chi connectivity index (χ4v) is 1.49. The van der Waals surface area contributed by atoms with E-state index in [4.69, 9.17) is 4.74 Å². The first-order valence-corrected chi connectivity index (χ1v) is 3.34. The van der Waals surface area contributed by atoms with Crippen molar-refractivity contribution in [3.05, 3.63) is 0 Å². The van der Waals surface area contributed by atoms with Crippen LogP contribution in [0.5, 0.6) is 0 Å². The summed E-state index contributed by atoms with van der Waals surface area (Å²) in [6.07, 6.45) is -0.852. The van der Waals surface area contributed by atoms with Crippen molar-refractivity contribution in [2.24, 2.45) is 5.92 Å². The van der Waals surface area contributed by atoms with Crippen molar-refractivity contribution in [2.45, 2.75) is 12.3 Å². The van der Waals surface area contributed by atoms with Gasteiger partial charge in [-0.05, 0) is 0 Å². The third-order valence-corrected chi connectivity index (χ3v) is 2.08. The van der Waals surface area contributed by atoms with Crippen molar-refractivity contribution in [3.8, 4) is 0 Å². The Labute approximate surface area is 53.4 Å². The number of rotatable bonds is 0. The summed E-state index contributed by atoms with van der Waals surface area (Å²) in [6, 6.07) is 0. The maximum Gasteiger partial charge on any atom is 0.134 e. The summed E-state index contributed by atoms with van der Waals surface area (Å²) in [5, 5.41) is 3.11. The van der Waals surface area contributed by atoms with E-state index in [-0.39, 0.29) is 12.0 Å². The van der Waals surface area contributed by atoms with E-state index in [1.54, 1.807) is 0 Å². The number of hydrogen-bond acceptors (Lipinski definition) is 2. The van der Waals surface area contributed by atoms with Crippen molar-refractivity contribution in [1.82, 2.24) is 5.32 Å². The van der Waals surface area contributed by atoms with Crippen LogP contribution in [0.1, 0.15) is 0 Å². The average Bonchev–Trinajstić information content (AvgIpc) is 2.19. The zero-order valence-corrected chi connectivity index (χ0v) is 5.14. The van der Waals surface area contributed by atoms with Gasteiger partial charge in [0.2, 0.25) is 0 Å². The van der Waals surface area contributed by atoms with Crippen LogP contribution in [0.15, 0.2) is 0 Å². The maximum absolute atomic E-state index is 12.9. The summed E-state index contributed by atoms with van der Waals surface area (Å²) in [5.41, 5.74) is 0. The molecule has 0 saturated carbocycles. The summed E-state index contributed by atoms with van der Waals surface area (Å²) in [6.45, 7) is 2.09. The van der Waals surface area contributed by atoms with Gasteiger partial charge in [0.15, 0.2) is 0 Å². The molecule has 2 heterocycles. The predicted octanol–water partition coefficient (Wildman–Crippen LogP) is -0.0573. The predicted molar refractivity (Wildman–Crippen MR) is 31.0 cm³/mol. The molecule has 0 aromatic heterocycles. The molecule has 52 valence electrons. The molecule has 0 spiro atoms. The number of hydrogen-bond donors (Lipinski definition) is 1. The smallest absolute Gasteiger partial charge is 0.134 e. The Morgan fingerprint density at radius 1 is 1.44 bits per heavy atom. The van der Waals surface area contributed by atoms with Gasteiger partial charge in [0.05, 0.1) is 6.61 Å². The highest BCUT2D eigenvalue weighted by molar-refractivity contribution is 4.90. The molecule has 2 aliphatic rings. The lowest BCUT2D eigenvalue weighted by molar-refractivity contribution is 0.0755. The van der Waals surface area contributed by atoms with Crippen LogP contribution in [-0.2, 0) is 4.74 Å². The van der Waals surface area contributed by atoms with E-state index in [1.165, 1.54) is 0 Å². The van der Waals surface area contributed by atoms with E-state index in [0.717, 1.165) is 6.54 Å². The van der Waals surface area contributed by atoms with Crippen molar-refractivity contribution in [2.75, 3.05) is 19.7 Å². The number of alkyl halides is 1. The summed E-state index contributed by atoms with van der Waals surface area (Å²) >= 11 is 0. The number of fused-ring (bicyclic) bond motifs is 2. The van der Waals surface area contributed by atoms with Gasteiger partial charge in [-0.2, -0.15) is 0 Å². The molecule has 0 aromatic carbocycles. The standard InChI is InChI=1S/C6H10FNO/c7-6-4-1-8-2-5(6)9-3-4/h4-6,8H,1-3H2. The Kier molecular flexibility index (Phi) is 1.20. The van der Waals surface area contributed by atoms with E-state index < -0.39 is 6.17 Å². The molecule has 0 aromatic rings. The first-order valence-electron chi connectivity index (χ1n) is 3.34. The highest BCUT2D eigenvalue weighted by Crippen LogP contribution is 2.25. The average molecular weight is 131 g/mol. The van der Waals surface area contributed by atoms with Gasteiger partial charge in [-0.25, -0.2) is 4.39 Å². The molecule has 2 bridgehead atoms. The number of piperidine rings is 1. The van der Waals surface area contributed by atoms with Gasteiger partial charge in [-0.15, -0.1) is 0 Å². The van der Waals surface area contributed by atoms with E-state index in [1.807, 2.05) is 0 Å². The van der Waals surface area contributed by atoms with Crippen molar-refractivity contribution in [3.63, 3.8) is 0 Å². The van der Waals surface area contributed by atoms with Gasteiger partial charge >= 0.3 is 0 Å². The first kappa shape index (κ1) is 5.62. The molecule has 0 radical (unpaired) electrons. The molecule has 2 aliphatic heterocycles. The van der Waals surface area contributed by atoms with Crippen LogP contribution in [0, 0.1) is 5.92 Å². The maximum atomic E-state index is 12.9. The fourth-order valence-electron chi connectivity index (χ4n) is 1.49. The van der Waals surface area contributed by atoms with Crippen LogP contribution in [0.2, 0.25) is 0 Å². The third kappa shape index (κ3) is 0.756. The van der Waals surface area contributed by atoms with E-state index in [0.29, 0.717) is 13.2 Å². The van der Waals surface area contributed by atoms with Gasteiger partial charge in [0, 0.05) is 19.0 Å². The van der Waals surface area contributed by atoms with E-state index >= 15 is 0 Å². The van der Waals surface area contributed by atoms with E-state index in [2.05, 4.69) is 5.32 Å². The minimum Gasteiger partial charge on any atom is -0.373 e. The third-order valence-electron chi connectivity index (χ3n) is 2.08. The quantitative estimate of drug-likeness (QED) is 0.497. The van der Waals surface area contributed by atoms with Gasteiger partial charge in [0.25, 0.3) is 0 Å². The molecule has 0 aliphatic carbocycles. The molecule has 0 amide bonds. The summed E-state index contributed by atoms with van der Waals surface area (Å²) in [7, 11) is 0. The molecule has 2 saturated heterocycles. The topological polar surface area (TPSA) is 21.3 Å². The van der Waals surface area contributed by atoms with Crippen LogP contribution >= 0.6 is 0 Å². The second-order valence-electron chi connectivity index (χ2n) is 2.73. The Morgan fingerprint density at radius 2 is 2.33 bits per heavy atom. The van der Waals surface area contributed by atoms with E-state index in [9.17, 15) is 4.39 Å². The zero-order valence-electron chi connectivity index (χ0n) is 5.14. The Hall–Kier alpha value is -0.150. The molecule has 2 rings (SSSR count). The van der Waals surface area contributed by atoms with Crippen LogP contribution in [-0.4, -0.2) is 32.0 Å². The van der Waals surface area contributed by atoms with Crippen LogP contribution < -0.4 is 5.32 Å². The molecule has 1 N–H and O–H groups in total. The molecular weight excluding hydrogens is 121 g/mol. The van der Waals surface area contributed by atoms with Gasteiger partial charge < -0.3 is 10.1 Å². The number of ether oxygens (including phenoxy) is 1. The van der Waals surface area contributed by atoms with Gasteiger partial charge in [0.1, 0.15) is 12.3 Å². The molecule has 3 unspecified atom stereocenters. The summed E-state index contributed by atoms with van der Waals surface area (Å²) in [4.78, 5) is 0. The lowest BCUT2D eigenvalue weighted by Gasteiger charge is -2.21. The van der Waals surface area contributed by atoms with Crippen molar-refractivity contribution < 1.29 is 9.13 Å². The second-order valence-corrected chi connectivity index (χ2v) is 2.73. The largest absolute Gasteiger partial charge is 0.373 e. The second kappa shape index (κ2) is 1.92. The summed E-state index contributed by atoms with van der Waals surface area (Å²) < 4.78 is 18.0. The molecule has 9 heavy (non-hydrogen) atoms. The van der Waals surface area contributed by atoms with Crippen LogP contribution in [0.3, 0.4) is 0 Å². The minimum atomic E-state index is -0.703. The first-order chi connectivity index (χ1) is 4.38. The molecule has 2 nitrogen and oxygen atoms in total. The highest BCUT2D eigenvalue weighted by Gasteiger charge is 2.40. The highest BCUT2D eigenvalue weighted by atomic mass is 19.1. The van der Waals surface area contributed by atoms with Gasteiger partial charge in [-0.3, -0.25) is 0 Å². The number of halogens is 1. The molecule has 2 fully saturated rings. The van der Waals surface area contributed by atoms with Crippen LogP contribution in [0.4, 0.5) is 4.39 Å². The van der Waals surface area contributed by atoms with Crippen LogP contribution in [0.25, 0.3) is 0 Å². The van der Waals surface area contributed by atoms with Crippen molar-refractivity contribution in [1.29, 1.82) is 0 Å². The lowest BCUT2D eigenvalue weighted by Crippen LogP contribution is -2.43. The van der Waals surface area contributed by atoms with Gasteiger partial charge in [-0.1, -0.05) is 0 Å². The fraction of sp³-hybridized carbons (Fsp3) is 1.00. The Balaban J connectivity index is 2.10. The molecule has 3 atom stereocenters. The lowest BCUT2D eigenvalue weighted by atomic mass is 10.00. The number of nitrogens with one attached hydrogen (secondary N) is 1. The molecular formula is C6H10FNO. The Morgan fingerprint density at radius 3 is 3.00 bits per heavy atom. The SMILES string of the molecule is FC1C2CNCC1OC2. The monoisotopic (exact) mass is 131 g/mol. The zero-order chi connectivity index (χ0) is 6.27. The normalized spacial score (nSPS) is 49.7.